The zero-order chi connectivity index (χ0) is 13.3. The van der Waals surface area contributed by atoms with Gasteiger partial charge in [0, 0.05) is 10.6 Å². The van der Waals surface area contributed by atoms with Crippen LogP contribution in [0.5, 0.6) is 0 Å². The van der Waals surface area contributed by atoms with Gasteiger partial charge in [0.1, 0.15) is 0 Å². The molecular weight excluding hydrogens is 398 g/mol. The number of halogens is 3. The molecule has 94 valence electrons. The first-order valence-corrected chi connectivity index (χ1v) is 8.11. The number of carbonyl (C=O) groups is 1. The number of rotatable bonds is 4. The maximum absolute atomic E-state index is 12.0. The molecule has 17 heavy (non-hydrogen) atoms. The van der Waals surface area contributed by atoms with Gasteiger partial charge in [0.2, 0.25) is 5.78 Å². The largest absolute Gasteiger partial charge is 0.290 e. The lowest BCUT2D eigenvalue weighted by Gasteiger charge is -2.18. The highest BCUT2D eigenvalue weighted by Crippen LogP contribution is 2.35. The van der Waals surface area contributed by atoms with Crippen LogP contribution in [0.15, 0.2) is 24.3 Å². The normalized spacial score (nSPS) is 15.3. The Balaban J connectivity index is 3.18. The summed E-state index contributed by atoms with van der Waals surface area (Å²) in [5.41, 5.74) is 0.218. The van der Waals surface area contributed by atoms with E-state index >= 15 is 0 Å². The van der Waals surface area contributed by atoms with Gasteiger partial charge in [0.05, 0.1) is 5.75 Å². The van der Waals surface area contributed by atoms with Crippen LogP contribution in [0.3, 0.4) is 0 Å². The quantitative estimate of drug-likeness (QED) is 0.438. The average molecular weight is 407 g/mol. The van der Waals surface area contributed by atoms with E-state index in [0.717, 1.165) is 0 Å². The second-order valence-electron chi connectivity index (χ2n) is 3.26. The lowest BCUT2D eigenvalue weighted by atomic mass is 10.1. The van der Waals surface area contributed by atoms with Gasteiger partial charge in [-0.1, -0.05) is 30.1 Å². The van der Waals surface area contributed by atoms with Gasteiger partial charge in [-0.25, -0.2) is 8.42 Å². The summed E-state index contributed by atoms with van der Waals surface area (Å²) < 4.78 is 21.5. The Morgan fingerprint density at radius 1 is 1.35 bits per heavy atom. The summed E-state index contributed by atoms with van der Waals surface area (Å²) in [6.45, 7) is 1.44. The van der Waals surface area contributed by atoms with Crippen molar-refractivity contribution in [3.63, 3.8) is 0 Å². The molecule has 0 radical (unpaired) electrons. The molecule has 0 heterocycles. The van der Waals surface area contributed by atoms with E-state index in [1.54, 1.807) is 0 Å². The molecule has 0 unspecified atom stereocenters. The zero-order valence-electron chi connectivity index (χ0n) is 8.78. The number of benzene rings is 1. The molecule has 0 aliphatic rings. The summed E-state index contributed by atoms with van der Waals surface area (Å²) in [5.74, 6) is -0.850. The third kappa shape index (κ3) is 3.13. The summed E-state index contributed by atoms with van der Waals surface area (Å²) >= 11 is 13.0. The molecule has 0 saturated carbocycles. The van der Waals surface area contributed by atoms with Gasteiger partial charge in [-0.3, -0.25) is 4.79 Å². The predicted octanol–water partition coefficient (Wildman–Crippen LogP) is 3.29. The van der Waals surface area contributed by atoms with E-state index in [9.17, 15) is 13.2 Å². The highest BCUT2D eigenvalue weighted by molar-refractivity contribution is 14.1. The molecule has 0 bridgehead atoms. The summed E-state index contributed by atoms with van der Waals surface area (Å²) in [7, 11) is -3.69. The molecule has 0 N–H and O–H groups in total. The van der Waals surface area contributed by atoms with Gasteiger partial charge in [-0.15, -0.1) is 0 Å². The Bertz CT molecular complexity index is 523. The molecule has 0 aromatic heterocycles. The monoisotopic (exact) mass is 406 g/mol. The van der Waals surface area contributed by atoms with Gasteiger partial charge in [0.25, 0.3) is 2.21 Å². The van der Waals surface area contributed by atoms with E-state index in [0.29, 0.717) is 5.02 Å². The lowest BCUT2D eigenvalue weighted by molar-refractivity contribution is 0.100. The van der Waals surface area contributed by atoms with Crippen molar-refractivity contribution in [2.24, 2.45) is 0 Å². The third-order valence-corrected chi connectivity index (χ3v) is 7.50. The average Bonchev–Trinajstić information content (AvgIpc) is 2.28. The van der Waals surface area contributed by atoms with Crippen LogP contribution in [0.25, 0.3) is 0 Å². The van der Waals surface area contributed by atoms with Gasteiger partial charge in [-0.05, 0) is 46.9 Å². The Kier molecular flexibility index (Phi) is 4.85. The van der Waals surface area contributed by atoms with Crippen molar-refractivity contribution in [3.8, 4) is 0 Å². The van der Waals surface area contributed by atoms with Crippen LogP contribution in [0.1, 0.15) is 17.3 Å². The fourth-order valence-electron chi connectivity index (χ4n) is 1.09. The first-order valence-electron chi connectivity index (χ1n) is 4.63. The highest BCUT2D eigenvalue weighted by Gasteiger charge is 2.45. The highest BCUT2D eigenvalue weighted by atomic mass is 127. The minimum Gasteiger partial charge on any atom is -0.290 e. The van der Waals surface area contributed by atoms with Crippen LogP contribution in [0.4, 0.5) is 0 Å². The van der Waals surface area contributed by atoms with Gasteiger partial charge < -0.3 is 0 Å². The minimum absolute atomic E-state index is 0.196. The molecule has 7 heteroatoms. The first-order chi connectivity index (χ1) is 7.72. The molecule has 0 fully saturated rings. The van der Waals surface area contributed by atoms with Crippen molar-refractivity contribution < 1.29 is 13.2 Å². The number of ketones is 1. The number of hydrogen-bond donors (Lipinski definition) is 0. The SMILES string of the molecule is CCS(=O)(=O)[C@@](Cl)(I)C(=O)c1ccc(Cl)cc1. The van der Waals surface area contributed by atoms with Crippen LogP contribution >= 0.6 is 45.8 Å². The van der Waals surface area contributed by atoms with Gasteiger partial charge >= 0.3 is 0 Å². The van der Waals surface area contributed by atoms with Crippen LogP contribution in [-0.4, -0.2) is 22.2 Å². The number of hydrogen-bond acceptors (Lipinski definition) is 3. The van der Waals surface area contributed by atoms with E-state index in [1.165, 1.54) is 53.8 Å². The Labute approximate surface area is 124 Å². The van der Waals surface area contributed by atoms with Gasteiger partial charge in [0.15, 0.2) is 9.84 Å². The summed E-state index contributed by atoms with van der Waals surface area (Å²) in [5, 5.41) is 0.466. The molecule has 1 aromatic carbocycles. The maximum Gasteiger partial charge on any atom is 0.257 e. The van der Waals surface area contributed by atoms with Crippen LogP contribution in [0.2, 0.25) is 5.02 Å². The second kappa shape index (κ2) is 5.42. The third-order valence-electron chi connectivity index (χ3n) is 2.14. The topological polar surface area (TPSA) is 51.2 Å². The molecule has 0 aliphatic heterocycles. The van der Waals surface area contributed by atoms with Crippen molar-refractivity contribution >= 4 is 61.4 Å². The molecule has 0 amide bonds. The Morgan fingerprint density at radius 3 is 2.24 bits per heavy atom. The zero-order valence-corrected chi connectivity index (χ0v) is 13.3. The molecule has 3 nitrogen and oxygen atoms in total. The van der Waals surface area contributed by atoms with E-state index in [1.807, 2.05) is 0 Å². The Hall–Kier alpha value is 0.150. The van der Waals surface area contributed by atoms with Crippen LogP contribution in [0, 0.1) is 0 Å². The second-order valence-corrected chi connectivity index (χ2v) is 9.89. The van der Waals surface area contributed by atoms with Crippen molar-refractivity contribution in [1.29, 1.82) is 0 Å². The summed E-state index contributed by atoms with van der Waals surface area (Å²) in [6.07, 6.45) is 0. The Morgan fingerprint density at radius 2 is 1.82 bits per heavy atom. The lowest BCUT2D eigenvalue weighted by Crippen LogP contribution is -2.36. The van der Waals surface area contributed by atoms with Crippen molar-refractivity contribution in [3.05, 3.63) is 34.9 Å². The van der Waals surface area contributed by atoms with E-state index < -0.39 is 17.8 Å². The van der Waals surface area contributed by atoms with Crippen LogP contribution < -0.4 is 0 Å². The van der Waals surface area contributed by atoms with Crippen LogP contribution in [-0.2, 0) is 9.84 Å². The standard InChI is InChI=1S/C10H9Cl2IO3S/c1-2-17(15,16)10(12,13)9(14)7-3-5-8(11)6-4-7/h3-6H,2H2,1H3/t10-/m0/s1. The molecule has 0 spiro atoms. The van der Waals surface area contributed by atoms with Crippen molar-refractivity contribution in [1.82, 2.24) is 0 Å². The number of sulfone groups is 1. The fraction of sp³-hybridized carbons (Fsp3) is 0.300. The number of carbonyl (C=O) groups excluding carboxylic acids is 1. The molecular formula is C10H9Cl2IO3S. The smallest absolute Gasteiger partial charge is 0.257 e. The minimum atomic E-state index is -3.69. The number of alkyl halides is 2. The van der Waals surface area contributed by atoms with E-state index in [-0.39, 0.29) is 11.3 Å². The molecule has 1 atom stereocenters. The summed E-state index contributed by atoms with van der Waals surface area (Å²) in [6, 6.07) is 5.92. The molecule has 0 saturated heterocycles. The van der Waals surface area contributed by atoms with Crippen molar-refractivity contribution in [2.45, 2.75) is 9.14 Å². The molecule has 1 rings (SSSR count). The number of Topliss-reactive ketones (excluding diaryl/α,β-unsaturated/α-hetero) is 1. The van der Waals surface area contributed by atoms with E-state index in [2.05, 4.69) is 0 Å². The molecule has 0 aliphatic carbocycles. The predicted molar refractivity (Wildman–Crippen MR) is 77.8 cm³/mol. The summed E-state index contributed by atoms with van der Waals surface area (Å²) in [4.78, 5) is 12.0. The van der Waals surface area contributed by atoms with Gasteiger partial charge in [-0.2, -0.15) is 0 Å². The maximum atomic E-state index is 12.0. The fourth-order valence-corrected chi connectivity index (χ4v) is 3.66. The molecule has 1 aromatic rings. The van der Waals surface area contributed by atoms with Crippen molar-refractivity contribution in [2.75, 3.05) is 5.75 Å². The van der Waals surface area contributed by atoms with E-state index in [4.69, 9.17) is 23.2 Å². The first kappa shape index (κ1) is 15.2.